The molecule has 0 spiro atoms. The van der Waals surface area contributed by atoms with Crippen molar-refractivity contribution in [3.05, 3.63) is 206 Å². The summed E-state index contributed by atoms with van der Waals surface area (Å²) in [6.45, 7) is 6.81. The minimum Gasteiger partial charge on any atom is -0.494 e. The fourth-order valence-electron chi connectivity index (χ4n) is 10.4. The molecule has 0 aliphatic heterocycles. The zero-order chi connectivity index (χ0) is 63.8. The largest absolute Gasteiger partial charge is 0.573 e. The number of fused-ring (bicyclic) bond motifs is 4. The number of aromatic amines is 8. The summed E-state index contributed by atoms with van der Waals surface area (Å²) in [5.41, 5.74) is 15.3. The Bertz CT molecular complexity index is 5130. The minimum atomic E-state index is -4.74. The first-order valence-electron chi connectivity index (χ1n) is 29.3. The van der Waals surface area contributed by atoms with Gasteiger partial charge < -0.3 is 9.47 Å². The Kier molecular flexibility index (Phi) is 16.8. The Morgan fingerprint density at radius 2 is 0.817 bits per heavy atom. The second kappa shape index (κ2) is 26.3. The zero-order valence-corrected chi connectivity index (χ0v) is 49.7. The van der Waals surface area contributed by atoms with E-state index in [1.165, 1.54) is 54.9 Å². The summed E-state index contributed by atoms with van der Waals surface area (Å²) in [5, 5.41) is 60.7. The van der Waals surface area contributed by atoms with Gasteiger partial charge in [-0.25, -0.2) is 24.3 Å². The van der Waals surface area contributed by atoms with Crippen LogP contribution in [0.4, 0.5) is 17.6 Å². The van der Waals surface area contributed by atoms with E-state index in [1.54, 1.807) is 18.2 Å². The molecule has 22 nitrogen and oxygen atoms in total. The van der Waals surface area contributed by atoms with E-state index in [4.69, 9.17) is 4.74 Å². The SMILES string of the molecule is CCOc1ccc(-c2n[nH]c3ccc(-c4ncn[nH]4)cc23)cc1.CCc1cccc(-c2n[nH]c3ccc(-c4ncn[nH]4)cc23)c1.CCc1nc(-c2ccc3[nH]nc(-c4ccc(F)cc4)c3c2)n[nH]1.FC(F)(F)Oc1cccc(-c2n[nH]c3ccc(-c4ncn[nH]4)cc23)c1. The molecule has 8 aromatic carbocycles. The van der Waals surface area contributed by atoms with Gasteiger partial charge in [-0.3, -0.25) is 40.8 Å². The standard InChI is InChI=1S/C17H14FN5.C17H15N5O.C17H15N5.C16H10F3N5O/c1-2-15-19-17(23-21-15)11-5-8-14-13(9-11)16(22-20-14)10-3-6-12(18)7-4-10;1-2-23-13-6-3-11(4-7-13)16-14-9-12(17-18-10-19-22-17)5-8-15(14)20-21-16;1-2-11-4-3-5-12(8-11)16-14-9-13(17-18-10-19-22-17)6-7-15(14)20-21-16;17-16(18,19)25-11-3-1-2-9(6-11)14-12-7-10(15-20-8-21-24-15)4-5-13(12)22-23-14/h3-9H,2H2,1H3,(H,20,22)(H,19,21,23);3-10H,2H2,1H3,(H,20,21)(H,18,19,22);3-10H,2H2,1H3,(H,20,21)(H,18,19,22);1-8H,(H,22,23)(H,20,21,24). The molecule has 0 saturated heterocycles. The number of rotatable bonds is 13. The minimum absolute atomic E-state index is 0.262. The monoisotopic (exact) mass is 1250 g/mol. The summed E-state index contributed by atoms with van der Waals surface area (Å²) in [6, 6.07) is 52.0. The Balaban J connectivity index is 0.000000113. The fourth-order valence-corrected chi connectivity index (χ4v) is 10.4. The Labute approximate surface area is 524 Å². The molecule has 0 bridgehead atoms. The predicted octanol–water partition coefficient (Wildman–Crippen LogP) is 14.6. The van der Waals surface area contributed by atoms with E-state index >= 15 is 0 Å². The number of halogens is 4. The maximum absolute atomic E-state index is 13.1. The van der Waals surface area contributed by atoms with Crippen molar-refractivity contribution in [3.63, 3.8) is 0 Å². The second-order valence-corrected chi connectivity index (χ2v) is 20.9. The van der Waals surface area contributed by atoms with Gasteiger partial charge in [-0.15, -0.1) is 13.2 Å². The third-order valence-electron chi connectivity index (χ3n) is 14.9. The fraction of sp³-hybridized carbons (Fsp3) is 0.104. The van der Waals surface area contributed by atoms with Crippen molar-refractivity contribution in [2.24, 2.45) is 0 Å². The molecule has 26 heteroatoms. The van der Waals surface area contributed by atoms with Crippen molar-refractivity contribution in [3.8, 4) is 102 Å². The second-order valence-electron chi connectivity index (χ2n) is 20.9. The van der Waals surface area contributed by atoms with Gasteiger partial charge in [0.15, 0.2) is 23.3 Å². The van der Waals surface area contributed by atoms with Crippen molar-refractivity contribution >= 4 is 43.6 Å². The molecule has 8 heterocycles. The lowest BCUT2D eigenvalue weighted by atomic mass is 10.0. The maximum atomic E-state index is 13.1. The first-order valence-corrected chi connectivity index (χ1v) is 29.3. The van der Waals surface area contributed by atoms with Crippen LogP contribution in [-0.4, -0.2) is 114 Å². The van der Waals surface area contributed by atoms with E-state index in [-0.39, 0.29) is 11.6 Å². The lowest BCUT2D eigenvalue weighted by Crippen LogP contribution is -2.17. The Hall–Kier alpha value is -12.5. The van der Waals surface area contributed by atoms with Crippen LogP contribution < -0.4 is 9.47 Å². The molecule has 93 heavy (non-hydrogen) atoms. The van der Waals surface area contributed by atoms with E-state index < -0.39 is 6.36 Å². The number of nitrogens with zero attached hydrogens (tertiary/aromatic N) is 12. The molecule has 0 radical (unpaired) electrons. The number of aromatic nitrogens is 20. The van der Waals surface area contributed by atoms with Gasteiger partial charge in [0, 0.05) is 72.5 Å². The summed E-state index contributed by atoms with van der Waals surface area (Å²) >= 11 is 0. The van der Waals surface area contributed by atoms with Gasteiger partial charge in [-0.2, -0.15) is 40.8 Å². The molecule has 0 atom stereocenters. The van der Waals surface area contributed by atoms with Crippen molar-refractivity contribution in [1.82, 2.24) is 102 Å². The van der Waals surface area contributed by atoms with Gasteiger partial charge in [0.05, 0.1) is 45.8 Å². The van der Waals surface area contributed by atoms with E-state index in [0.717, 1.165) is 136 Å². The molecule has 8 N–H and O–H groups in total. The van der Waals surface area contributed by atoms with Crippen LogP contribution in [0.2, 0.25) is 0 Å². The lowest BCUT2D eigenvalue weighted by molar-refractivity contribution is -0.274. The topological polar surface area (TPSA) is 299 Å². The van der Waals surface area contributed by atoms with Crippen molar-refractivity contribution < 1.29 is 27.0 Å². The smallest absolute Gasteiger partial charge is 0.494 e. The van der Waals surface area contributed by atoms with Crippen LogP contribution >= 0.6 is 0 Å². The van der Waals surface area contributed by atoms with Crippen LogP contribution in [-0.2, 0) is 12.8 Å². The average molecular weight is 1250 g/mol. The first kappa shape index (κ1) is 59.5. The third-order valence-corrected chi connectivity index (χ3v) is 14.9. The van der Waals surface area contributed by atoms with Gasteiger partial charge in [0.2, 0.25) is 0 Å². The van der Waals surface area contributed by atoms with Crippen molar-refractivity contribution in [2.75, 3.05) is 6.61 Å². The Morgan fingerprint density at radius 1 is 0.387 bits per heavy atom. The average Bonchev–Trinajstić information content (AvgIpc) is 1.76. The molecule has 16 rings (SSSR count). The Morgan fingerprint density at radius 3 is 1.25 bits per heavy atom. The number of benzene rings is 8. The number of aryl methyl sites for hydroxylation is 2. The van der Waals surface area contributed by atoms with Gasteiger partial charge in [0.25, 0.3) is 0 Å². The molecular weight excluding hydrogens is 1190 g/mol. The molecule has 8 aromatic heterocycles. The number of H-pyrrole nitrogens is 8. The highest BCUT2D eigenvalue weighted by molar-refractivity contribution is 5.98. The van der Waals surface area contributed by atoms with Crippen molar-refractivity contribution in [2.45, 2.75) is 40.0 Å². The summed E-state index contributed by atoms with van der Waals surface area (Å²) in [5.74, 6) is 3.90. The van der Waals surface area contributed by atoms with E-state index in [1.807, 2.05) is 98.8 Å². The van der Waals surface area contributed by atoms with E-state index in [9.17, 15) is 17.6 Å². The first-order chi connectivity index (χ1) is 45.4. The molecule has 0 fully saturated rings. The molecule has 0 unspecified atom stereocenters. The molecule has 0 saturated carbocycles. The number of hydrogen-bond acceptors (Lipinski definition) is 14. The summed E-state index contributed by atoms with van der Waals surface area (Å²) in [6.07, 6.45) is 1.49. The normalized spacial score (nSPS) is 11.3. The molecule has 16 aromatic rings. The van der Waals surface area contributed by atoms with Crippen LogP contribution in [0, 0.1) is 5.82 Å². The number of nitrogens with one attached hydrogen (secondary N) is 8. The summed E-state index contributed by atoms with van der Waals surface area (Å²) < 4.78 is 59.8. The highest BCUT2D eigenvalue weighted by Crippen LogP contribution is 2.36. The van der Waals surface area contributed by atoms with Crippen LogP contribution in [0.15, 0.2) is 189 Å². The van der Waals surface area contributed by atoms with Crippen LogP contribution in [0.3, 0.4) is 0 Å². The van der Waals surface area contributed by atoms with Gasteiger partial charge in [-0.05, 0) is 158 Å². The van der Waals surface area contributed by atoms with Gasteiger partial charge in [0.1, 0.15) is 47.8 Å². The molecule has 0 amide bonds. The highest BCUT2D eigenvalue weighted by Gasteiger charge is 2.31. The molecule has 462 valence electrons. The van der Waals surface area contributed by atoms with Gasteiger partial charge in [-0.1, -0.05) is 44.2 Å². The van der Waals surface area contributed by atoms with Crippen LogP contribution in [0.1, 0.15) is 32.2 Å². The summed E-state index contributed by atoms with van der Waals surface area (Å²) in [7, 11) is 0. The molecule has 0 aliphatic carbocycles. The van der Waals surface area contributed by atoms with Crippen LogP contribution in [0.25, 0.3) is 134 Å². The van der Waals surface area contributed by atoms with E-state index in [2.05, 4.69) is 150 Å². The molecular formula is C67H54F4N20O2. The van der Waals surface area contributed by atoms with Gasteiger partial charge >= 0.3 is 6.36 Å². The molecule has 0 aliphatic rings. The maximum Gasteiger partial charge on any atom is 0.573 e. The van der Waals surface area contributed by atoms with Crippen LogP contribution in [0.5, 0.6) is 11.5 Å². The third kappa shape index (κ3) is 13.3. The van der Waals surface area contributed by atoms with E-state index in [0.29, 0.717) is 29.5 Å². The highest BCUT2D eigenvalue weighted by atomic mass is 19.4. The zero-order valence-electron chi connectivity index (χ0n) is 49.7. The van der Waals surface area contributed by atoms with Crippen molar-refractivity contribution in [1.29, 1.82) is 0 Å². The number of ether oxygens (including phenoxy) is 2. The predicted molar refractivity (Wildman–Crippen MR) is 344 cm³/mol. The lowest BCUT2D eigenvalue weighted by Gasteiger charge is -2.09. The number of hydrogen-bond donors (Lipinski definition) is 8. The number of alkyl halides is 3. The summed E-state index contributed by atoms with van der Waals surface area (Å²) in [4.78, 5) is 17.0. The quantitative estimate of drug-likeness (QED) is 0.0498.